The van der Waals surface area contributed by atoms with Crippen molar-refractivity contribution in [2.45, 2.75) is 76.9 Å². The van der Waals surface area contributed by atoms with Crippen molar-refractivity contribution in [3.05, 3.63) is 57.9 Å². The summed E-state index contributed by atoms with van der Waals surface area (Å²) in [5.41, 5.74) is 4.06. The van der Waals surface area contributed by atoms with Gasteiger partial charge in [0.15, 0.2) is 0 Å². The molecule has 3 aromatic rings. The van der Waals surface area contributed by atoms with Gasteiger partial charge < -0.3 is 5.32 Å². The summed E-state index contributed by atoms with van der Waals surface area (Å²) in [5, 5.41) is 15.6. The molecule has 3 fully saturated rings. The monoisotopic (exact) mass is 560 g/mol. The maximum Gasteiger partial charge on any atom is 0.251 e. The van der Waals surface area contributed by atoms with Crippen LogP contribution in [0.25, 0.3) is 11.3 Å². The first-order chi connectivity index (χ1) is 19.5. The zero-order chi connectivity index (χ0) is 27.5. The van der Waals surface area contributed by atoms with E-state index in [4.69, 9.17) is 0 Å². The van der Waals surface area contributed by atoms with Crippen LogP contribution in [0.5, 0.6) is 0 Å². The number of nitrogens with one attached hydrogen (secondary N) is 2. The molecule has 0 radical (unpaired) electrons. The molecule has 6 rings (SSSR count). The summed E-state index contributed by atoms with van der Waals surface area (Å²) in [7, 11) is 0. The van der Waals surface area contributed by atoms with Crippen molar-refractivity contribution < 1.29 is 14.4 Å². The van der Waals surface area contributed by atoms with E-state index >= 15 is 0 Å². The average molecular weight is 561 g/mol. The second kappa shape index (κ2) is 11.6. The van der Waals surface area contributed by atoms with Crippen molar-refractivity contribution in [3.8, 4) is 11.3 Å². The van der Waals surface area contributed by atoms with Crippen molar-refractivity contribution in [2.24, 2.45) is 5.41 Å². The van der Waals surface area contributed by atoms with Crippen molar-refractivity contribution >= 4 is 29.1 Å². The van der Waals surface area contributed by atoms with Gasteiger partial charge in [-0.15, -0.1) is 16.4 Å². The highest BCUT2D eigenvalue weighted by molar-refractivity contribution is 7.10. The van der Waals surface area contributed by atoms with Gasteiger partial charge in [0.1, 0.15) is 11.7 Å². The third kappa shape index (κ3) is 6.02. The molecular weight excluding hydrogens is 524 g/mol. The fraction of sp³-hybridized carbons (Fsp3) is 0.500. The van der Waals surface area contributed by atoms with E-state index < -0.39 is 6.04 Å². The van der Waals surface area contributed by atoms with E-state index in [2.05, 4.69) is 38.0 Å². The molecule has 1 atom stereocenters. The predicted octanol–water partition coefficient (Wildman–Crippen LogP) is 4.46. The Labute approximate surface area is 238 Å². The lowest BCUT2D eigenvalue weighted by Gasteiger charge is -2.44. The molecule has 3 amide bonds. The number of nitrogens with zero attached hydrogens (tertiary/aromatic N) is 4. The first kappa shape index (κ1) is 26.8. The maximum absolute atomic E-state index is 12.8. The number of carbonyl (C=O) groups excluding carboxylic acids is 3. The van der Waals surface area contributed by atoms with Crippen LogP contribution in [0.2, 0.25) is 0 Å². The van der Waals surface area contributed by atoms with Gasteiger partial charge in [0.2, 0.25) is 5.91 Å². The van der Waals surface area contributed by atoms with E-state index in [-0.39, 0.29) is 24.1 Å². The summed E-state index contributed by atoms with van der Waals surface area (Å²) < 4.78 is 1.51. The molecule has 3 aliphatic rings. The molecule has 4 heterocycles. The summed E-state index contributed by atoms with van der Waals surface area (Å²) in [6.07, 6.45) is 12.2. The van der Waals surface area contributed by atoms with Crippen LogP contribution >= 0.6 is 11.3 Å². The van der Waals surface area contributed by atoms with Crippen molar-refractivity contribution in [1.29, 1.82) is 0 Å². The van der Waals surface area contributed by atoms with Crippen LogP contribution in [0.3, 0.4) is 0 Å². The topological polar surface area (TPSA) is 109 Å². The number of aromatic nitrogens is 3. The van der Waals surface area contributed by atoms with Gasteiger partial charge >= 0.3 is 0 Å². The lowest BCUT2D eigenvalue weighted by molar-refractivity contribution is -0.136. The minimum absolute atomic E-state index is 0.0949. The Hall–Kier alpha value is -3.37. The quantitative estimate of drug-likeness (QED) is 0.413. The zero-order valence-electron chi connectivity index (χ0n) is 22.7. The molecule has 1 aromatic carbocycles. The smallest absolute Gasteiger partial charge is 0.251 e. The number of rotatable bonds is 7. The van der Waals surface area contributed by atoms with E-state index in [9.17, 15) is 14.4 Å². The van der Waals surface area contributed by atoms with Crippen LogP contribution in [0.1, 0.15) is 84.6 Å². The standard InChI is InChI=1S/C30H36N6O3S/c37-27-9-8-26(29(39)32-27)36-19-25(33-34-36)23-16-24(40-20-23)17-31-28(38)22-6-4-21(5-7-22)18-35-14-12-30(13-15-35)10-2-1-3-11-30/h4-7,16,19-20,26H,1-3,8-15,17-18H2,(H,31,38)(H,32,37,39). The van der Waals surface area contributed by atoms with Crippen molar-refractivity contribution in [1.82, 2.24) is 30.5 Å². The highest BCUT2D eigenvalue weighted by atomic mass is 32.1. The van der Waals surface area contributed by atoms with Gasteiger partial charge in [0, 0.05) is 34.3 Å². The largest absolute Gasteiger partial charge is 0.347 e. The minimum atomic E-state index is -0.531. The van der Waals surface area contributed by atoms with Crippen molar-refractivity contribution in [2.75, 3.05) is 13.1 Å². The van der Waals surface area contributed by atoms with E-state index in [0.29, 0.717) is 29.6 Å². The molecule has 2 N–H and O–H groups in total. The third-order valence-corrected chi connectivity index (χ3v) is 9.80. The van der Waals surface area contributed by atoms with Crippen LogP contribution in [0.4, 0.5) is 0 Å². The Kier molecular flexibility index (Phi) is 7.80. The number of hydrogen-bond acceptors (Lipinski definition) is 7. The van der Waals surface area contributed by atoms with Crippen LogP contribution in [-0.4, -0.2) is 50.7 Å². The normalized spacial score (nSPS) is 21.4. The molecule has 2 saturated heterocycles. The average Bonchev–Trinajstić information content (AvgIpc) is 3.64. The molecule has 2 aliphatic heterocycles. The maximum atomic E-state index is 12.8. The Morgan fingerprint density at radius 2 is 1.85 bits per heavy atom. The summed E-state index contributed by atoms with van der Waals surface area (Å²) in [4.78, 5) is 39.9. The Balaban J connectivity index is 0.983. The first-order valence-corrected chi connectivity index (χ1v) is 15.3. The number of benzene rings is 1. The number of amides is 3. The van der Waals surface area contributed by atoms with Gasteiger partial charge in [0.25, 0.3) is 11.8 Å². The predicted molar refractivity (Wildman–Crippen MR) is 152 cm³/mol. The van der Waals surface area contributed by atoms with Crippen LogP contribution in [-0.2, 0) is 22.7 Å². The second-order valence-electron chi connectivity index (χ2n) is 11.6. The van der Waals surface area contributed by atoms with Gasteiger partial charge in [-0.1, -0.05) is 36.6 Å². The highest BCUT2D eigenvalue weighted by Gasteiger charge is 2.35. The number of hydrogen-bond donors (Lipinski definition) is 2. The molecule has 9 nitrogen and oxygen atoms in total. The third-order valence-electron chi connectivity index (χ3n) is 8.87. The molecular formula is C30H36N6O3S. The summed E-state index contributed by atoms with van der Waals surface area (Å²) in [6.45, 7) is 3.72. The van der Waals surface area contributed by atoms with Gasteiger partial charge in [-0.3, -0.25) is 24.6 Å². The molecule has 0 bridgehead atoms. The second-order valence-corrected chi connectivity index (χ2v) is 12.6. The van der Waals surface area contributed by atoms with E-state index in [1.54, 1.807) is 6.20 Å². The Morgan fingerprint density at radius 1 is 1.07 bits per heavy atom. The summed E-state index contributed by atoms with van der Waals surface area (Å²) in [6, 6.07) is 9.44. The lowest BCUT2D eigenvalue weighted by atomic mass is 9.68. The molecule has 2 aromatic heterocycles. The molecule has 1 spiro atoms. The molecule has 40 heavy (non-hydrogen) atoms. The first-order valence-electron chi connectivity index (χ1n) is 14.4. The number of likely N-dealkylation sites (tertiary alicyclic amines) is 1. The highest BCUT2D eigenvalue weighted by Crippen LogP contribution is 2.44. The SMILES string of the molecule is O=C1CCC(n2cc(-c3csc(CNC(=O)c4ccc(CN5CCC6(CCCCC6)CC5)cc4)c3)nn2)C(=O)N1. The van der Waals surface area contributed by atoms with Crippen LogP contribution < -0.4 is 10.6 Å². The van der Waals surface area contributed by atoms with Crippen LogP contribution in [0, 0.1) is 5.41 Å². The van der Waals surface area contributed by atoms with E-state index in [0.717, 1.165) is 17.0 Å². The molecule has 10 heteroatoms. The number of imide groups is 1. The molecule has 1 saturated carbocycles. The zero-order valence-corrected chi connectivity index (χ0v) is 23.5. The van der Waals surface area contributed by atoms with Gasteiger partial charge in [-0.2, -0.15) is 0 Å². The van der Waals surface area contributed by atoms with Gasteiger partial charge in [-0.05, 0) is 74.4 Å². The Morgan fingerprint density at radius 3 is 2.60 bits per heavy atom. The Bertz CT molecular complexity index is 1360. The molecule has 210 valence electrons. The molecule has 1 aliphatic carbocycles. The van der Waals surface area contributed by atoms with Crippen LogP contribution in [0.15, 0.2) is 41.9 Å². The minimum Gasteiger partial charge on any atom is -0.347 e. The lowest BCUT2D eigenvalue weighted by Crippen LogP contribution is -2.41. The van der Waals surface area contributed by atoms with E-state index in [1.807, 2.05) is 23.6 Å². The van der Waals surface area contributed by atoms with Crippen molar-refractivity contribution in [3.63, 3.8) is 0 Å². The van der Waals surface area contributed by atoms with Gasteiger partial charge in [-0.25, -0.2) is 4.68 Å². The number of piperidine rings is 2. The van der Waals surface area contributed by atoms with Gasteiger partial charge in [0.05, 0.1) is 12.7 Å². The van der Waals surface area contributed by atoms with E-state index in [1.165, 1.54) is 79.6 Å². The summed E-state index contributed by atoms with van der Waals surface area (Å²) >= 11 is 1.54. The number of carbonyl (C=O) groups is 3. The number of thiophene rings is 1. The fourth-order valence-corrected chi connectivity index (χ4v) is 7.20. The summed E-state index contributed by atoms with van der Waals surface area (Å²) in [5.74, 6) is -0.706. The fourth-order valence-electron chi connectivity index (χ4n) is 6.38. The molecule has 1 unspecified atom stereocenters.